The molecule has 0 N–H and O–H groups in total. The number of ether oxygens (including phenoxy) is 1. The minimum atomic E-state index is -0.324. The summed E-state index contributed by atoms with van der Waals surface area (Å²) in [6, 6.07) is 0.191. The smallest absolute Gasteiger partial charge is 0.333 e. The first-order valence-corrected chi connectivity index (χ1v) is 6.83. The molecule has 98 valence electrons. The van der Waals surface area contributed by atoms with E-state index in [9.17, 15) is 9.59 Å². The van der Waals surface area contributed by atoms with Gasteiger partial charge in [0.15, 0.2) is 0 Å². The molecular formula is C14H19NO3. The highest BCUT2D eigenvalue weighted by molar-refractivity contribution is 5.91. The van der Waals surface area contributed by atoms with Crippen LogP contribution in [-0.4, -0.2) is 29.4 Å². The van der Waals surface area contributed by atoms with E-state index in [2.05, 4.69) is 6.92 Å². The number of nitrogens with zero attached hydrogens (tertiary/aromatic N) is 1. The van der Waals surface area contributed by atoms with Crippen molar-refractivity contribution in [1.29, 1.82) is 0 Å². The normalized spacial score (nSPS) is 30.8. The van der Waals surface area contributed by atoms with Crippen LogP contribution in [0.5, 0.6) is 0 Å². The van der Waals surface area contributed by atoms with Gasteiger partial charge >= 0.3 is 5.97 Å². The van der Waals surface area contributed by atoms with E-state index in [0.717, 1.165) is 37.8 Å². The minimum Gasteiger partial charge on any atom is -0.456 e. The van der Waals surface area contributed by atoms with E-state index in [1.54, 1.807) is 0 Å². The molecule has 0 unspecified atom stereocenters. The zero-order valence-electron chi connectivity index (χ0n) is 10.8. The molecular weight excluding hydrogens is 230 g/mol. The van der Waals surface area contributed by atoms with E-state index < -0.39 is 0 Å². The van der Waals surface area contributed by atoms with Gasteiger partial charge in [0.05, 0.1) is 11.1 Å². The van der Waals surface area contributed by atoms with Crippen LogP contribution in [0.25, 0.3) is 0 Å². The van der Waals surface area contributed by atoms with Gasteiger partial charge in [-0.2, -0.15) is 0 Å². The molecule has 3 aliphatic rings. The monoisotopic (exact) mass is 249 g/mol. The average molecular weight is 249 g/mol. The van der Waals surface area contributed by atoms with Crippen LogP contribution >= 0.6 is 0 Å². The van der Waals surface area contributed by atoms with Crippen LogP contribution in [0.1, 0.15) is 45.4 Å². The number of rotatable bonds is 1. The fourth-order valence-electron chi connectivity index (χ4n) is 3.76. The van der Waals surface area contributed by atoms with Crippen molar-refractivity contribution >= 4 is 11.9 Å². The van der Waals surface area contributed by atoms with Crippen LogP contribution in [0.3, 0.4) is 0 Å². The molecule has 4 heteroatoms. The highest BCUT2D eigenvalue weighted by Gasteiger charge is 2.51. The summed E-state index contributed by atoms with van der Waals surface area (Å²) in [6.45, 7) is 2.33. The van der Waals surface area contributed by atoms with Crippen molar-refractivity contribution in [2.24, 2.45) is 5.41 Å². The van der Waals surface area contributed by atoms with Crippen LogP contribution in [-0.2, 0) is 14.3 Å². The van der Waals surface area contributed by atoms with Gasteiger partial charge in [-0.05, 0) is 26.2 Å². The Labute approximate surface area is 107 Å². The number of hydrogen-bond acceptors (Lipinski definition) is 3. The molecule has 2 aliphatic heterocycles. The Kier molecular flexibility index (Phi) is 2.68. The summed E-state index contributed by atoms with van der Waals surface area (Å²) < 4.78 is 4.92. The lowest BCUT2D eigenvalue weighted by molar-refractivity contribution is -0.138. The summed E-state index contributed by atoms with van der Waals surface area (Å²) in [5.74, 6) is -0.103. The van der Waals surface area contributed by atoms with Gasteiger partial charge in [-0.3, -0.25) is 4.79 Å². The van der Waals surface area contributed by atoms with Gasteiger partial charge in [-0.25, -0.2) is 4.79 Å². The first-order chi connectivity index (χ1) is 8.62. The van der Waals surface area contributed by atoms with Gasteiger partial charge in [-0.1, -0.05) is 19.3 Å². The Morgan fingerprint density at radius 2 is 2.00 bits per heavy atom. The number of amides is 1. The maximum absolute atomic E-state index is 12.7. The Morgan fingerprint density at radius 3 is 2.61 bits per heavy atom. The van der Waals surface area contributed by atoms with Gasteiger partial charge in [0.1, 0.15) is 6.61 Å². The summed E-state index contributed by atoms with van der Waals surface area (Å²) in [5.41, 5.74) is 0.601. The first kappa shape index (κ1) is 11.8. The van der Waals surface area contributed by atoms with Crippen molar-refractivity contribution in [3.05, 3.63) is 11.8 Å². The SMILES string of the molecule is C[C@H]1CC2(CCCCC2)C(=O)N1C1=CC(=O)OC1. The summed E-state index contributed by atoms with van der Waals surface area (Å²) in [6.07, 6.45) is 7.96. The fraction of sp³-hybridized carbons (Fsp3) is 0.714. The Bertz CT molecular complexity index is 421. The molecule has 0 aromatic carbocycles. The van der Waals surface area contributed by atoms with Gasteiger partial charge in [0, 0.05) is 12.1 Å². The third kappa shape index (κ3) is 1.66. The number of carbonyl (C=O) groups excluding carboxylic acids is 2. The van der Waals surface area contributed by atoms with Crippen LogP contribution in [0.4, 0.5) is 0 Å². The number of hydrogen-bond donors (Lipinski definition) is 0. The quantitative estimate of drug-likeness (QED) is 0.668. The molecule has 0 aromatic heterocycles. The second-order valence-electron chi connectivity index (χ2n) is 5.81. The maximum Gasteiger partial charge on any atom is 0.333 e. The molecule has 2 heterocycles. The fourth-order valence-corrected chi connectivity index (χ4v) is 3.76. The minimum absolute atomic E-state index is 0.149. The summed E-state index contributed by atoms with van der Waals surface area (Å²) in [5, 5.41) is 0. The van der Waals surface area contributed by atoms with Crippen molar-refractivity contribution in [3.63, 3.8) is 0 Å². The molecule has 0 bridgehead atoms. The first-order valence-electron chi connectivity index (χ1n) is 6.83. The number of cyclic esters (lactones) is 1. The molecule has 1 spiro atoms. The standard InChI is InChI=1S/C14H19NO3/c1-10-8-14(5-3-2-4-6-14)13(17)15(10)11-7-12(16)18-9-11/h7,10H,2-6,8-9H2,1H3/t10-/m0/s1. The van der Waals surface area contributed by atoms with E-state index in [1.807, 2.05) is 4.90 Å². The van der Waals surface area contributed by atoms with Crippen molar-refractivity contribution in [2.45, 2.75) is 51.5 Å². The molecule has 1 aliphatic carbocycles. The largest absolute Gasteiger partial charge is 0.456 e. The van der Waals surface area contributed by atoms with Gasteiger partial charge in [0.2, 0.25) is 5.91 Å². The maximum atomic E-state index is 12.7. The zero-order chi connectivity index (χ0) is 12.8. The third-order valence-corrected chi connectivity index (χ3v) is 4.57. The number of carbonyl (C=O) groups is 2. The van der Waals surface area contributed by atoms with E-state index in [1.165, 1.54) is 12.5 Å². The van der Waals surface area contributed by atoms with Crippen LogP contribution in [0.15, 0.2) is 11.8 Å². The highest BCUT2D eigenvalue weighted by atomic mass is 16.5. The van der Waals surface area contributed by atoms with E-state index in [-0.39, 0.29) is 29.9 Å². The molecule has 1 saturated carbocycles. The Morgan fingerprint density at radius 1 is 1.28 bits per heavy atom. The van der Waals surface area contributed by atoms with Crippen LogP contribution < -0.4 is 0 Å². The van der Waals surface area contributed by atoms with Gasteiger partial charge in [0.25, 0.3) is 0 Å². The summed E-state index contributed by atoms with van der Waals surface area (Å²) in [4.78, 5) is 25.7. The second kappa shape index (κ2) is 4.11. The van der Waals surface area contributed by atoms with E-state index in [0.29, 0.717) is 0 Å². The zero-order valence-corrected chi connectivity index (χ0v) is 10.8. The third-order valence-electron chi connectivity index (χ3n) is 4.57. The van der Waals surface area contributed by atoms with Crippen molar-refractivity contribution in [3.8, 4) is 0 Å². The molecule has 3 rings (SSSR count). The average Bonchev–Trinajstić information content (AvgIpc) is 2.85. The predicted molar refractivity (Wildman–Crippen MR) is 65.5 cm³/mol. The van der Waals surface area contributed by atoms with Gasteiger partial charge in [-0.15, -0.1) is 0 Å². The molecule has 2 fully saturated rings. The lowest BCUT2D eigenvalue weighted by Gasteiger charge is -2.31. The summed E-state index contributed by atoms with van der Waals surface area (Å²) >= 11 is 0. The molecule has 0 aromatic rings. The lowest BCUT2D eigenvalue weighted by Crippen LogP contribution is -2.37. The second-order valence-corrected chi connectivity index (χ2v) is 5.81. The Hall–Kier alpha value is -1.32. The molecule has 4 nitrogen and oxygen atoms in total. The van der Waals surface area contributed by atoms with E-state index in [4.69, 9.17) is 4.74 Å². The highest BCUT2D eigenvalue weighted by Crippen LogP contribution is 2.48. The van der Waals surface area contributed by atoms with Crippen molar-refractivity contribution in [1.82, 2.24) is 4.90 Å². The molecule has 0 radical (unpaired) electrons. The molecule has 1 saturated heterocycles. The topological polar surface area (TPSA) is 46.6 Å². The summed E-state index contributed by atoms with van der Waals surface area (Å²) in [7, 11) is 0. The molecule has 1 atom stereocenters. The lowest BCUT2D eigenvalue weighted by atomic mass is 9.72. The van der Waals surface area contributed by atoms with Crippen molar-refractivity contribution < 1.29 is 14.3 Å². The number of esters is 1. The van der Waals surface area contributed by atoms with Crippen LogP contribution in [0, 0.1) is 5.41 Å². The predicted octanol–water partition coefficient (Wildman–Crippen LogP) is 2.00. The van der Waals surface area contributed by atoms with Crippen molar-refractivity contribution in [2.75, 3.05) is 6.61 Å². The number of likely N-dealkylation sites (tertiary alicyclic amines) is 1. The van der Waals surface area contributed by atoms with Gasteiger partial charge < -0.3 is 9.64 Å². The molecule has 1 amide bonds. The van der Waals surface area contributed by atoms with Crippen LogP contribution in [0.2, 0.25) is 0 Å². The van der Waals surface area contributed by atoms with E-state index >= 15 is 0 Å². The molecule has 18 heavy (non-hydrogen) atoms. The Balaban J connectivity index is 1.86.